The molecule has 0 aliphatic heterocycles. The molecule has 0 atom stereocenters. The Morgan fingerprint density at radius 3 is 2.75 bits per heavy atom. The number of aryl methyl sites for hydroxylation is 1. The van der Waals surface area contributed by atoms with Gasteiger partial charge in [-0.2, -0.15) is 5.10 Å². The van der Waals surface area contributed by atoms with Crippen molar-refractivity contribution in [2.75, 3.05) is 19.8 Å². The maximum absolute atomic E-state index is 12.9. The number of benzene rings is 1. The largest absolute Gasteiger partial charge is 0.381 e. The third-order valence-electron chi connectivity index (χ3n) is 4.43. The fraction of sp³-hybridized carbons (Fsp3) is 0.409. The lowest BCUT2D eigenvalue weighted by Crippen LogP contribution is -2.25. The molecule has 0 radical (unpaired) electrons. The summed E-state index contributed by atoms with van der Waals surface area (Å²) in [6.45, 7) is 8.92. The molecule has 0 aliphatic rings. The number of aromatic nitrogens is 3. The number of hydrogen-bond donors (Lipinski definition) is 1. The van der Waals surface area contributed by atoms with E-state index in [-0.39, 0.29) is 5.91 Å². The molecule has 2 aromatic heterocycles. The Morgan fingerprint density at radius 2 is 2.04 bits per heavy atom. The van der Waals surface area contributed by atoms with Crippen molar-refractivity contribution in [2.45, 2.75) is 33.7 Å². The van der Waals surface area contributed by atoms with Crippen LogP contribution in [0.1, 0.15) is 37.6 Å². The van der Waals surface area contributed by atoms with Crippen molar-refractivity contribution in [2.24, 2.45) is 5.92 Å². The summed E-state index contributed by atoms with van der Waals surface area (Å²) in [5, 5.41) is 8.16. The van der Waals surface area contributed by atoms with Gasteiger partial charge in [0.1, 0.15) is 0 Å². The predicted octanol–water partition coefficient (Wildman–Crippen LogP) is 3.91. The number of pyridine rings is 1. The van der Waals surface area contributed by atoms with Crippen LogP contribution in [-0.2, 0) is 11.3 Å². The Morgan fingerprint density at radius 1 is 1.25 bits per heavy atom. The summed E-state index contributed by atoms with van der Waals surface area (Å²) in [7, 11) is 0. The molecule has 0 spiro atoms. The Labute approximate surface area is 165 Å². The van der Waals surface area contributed by atoms with Gasteiger partial charge in [-0.3, -0.25) is 4.79 Å². The first-order valence-corrected chi connectivity index (χ1v) is 9.88. The van der Waals surface area contributed by atoms with Gasteiger partial charge in [-0.1, -0.05) is 44.2 Å². The zero-order chi connectivity index (χ0) is 19.9. The predicted molar refractivity (Wildman–Crippen MR) is 111 cm³/mol. The van der Waals surface area contributed by atoms with Crippen molar-refractivity contribution in [3.05, 3.63) is 48.2 Å². The number of fused-ring (bicyclic) bond motifs is 1. The fourth-order valence-electron chi connectivity index (χ4n) is 3.01. The number of nitrogens with one attached hydrogen (secondary N) is 1. The first-order chi connectivity index (χ1) is 13.6. The molecule has 0 fully saturated rings. The summed E-state index contributed by atoms with van der Waals surface area (Å²) >= 11 is 0. The SMILES string of the molecule is CCn1ncc2c(C(=O)NCCCOCC(C)C)cc(-c3ccccc3)nc21. The summed E-state index contributed by atoms with van der Waals surface area (Å²) in [5.74, 6) is 0.412. The second-order valence-corrected chi connectivity index (χ2v) is 7.20. The average Bonchev–Trinajstić information content (AvgIpc) is 3.13. The lowest BCUT2D eigenvalue weighted by Gasteiger charge is -2.10. The normalized spacial score (nSPS) is 11.3. The molecule has 28 heavy (non-hydrogen) atoms. The molecule has 0 saturated carbocycles. The highest BCUT2D eigenvalue weighted by molar-refractivity contribution is 6.06. The van der Waals surface area contributed by atoms with Crippen LogP contribution in [0.5, 0.6) is 0 Å². The summed E-state index contributed by atoms with van der Waals surface area (Å²) < 4.78 is 7.39. The van der Waals surface area contributed by atoms with Crippen LogP contribution >= 0.6 is 0 Å². The van der Waals surface area contributed by atoms with Gasteiger partial charge in [0.2, 0.25) is 0 Å². The van der Waals surface area contributed by atoms with E-state index >= 15 is 0 Å². The number of ether oxygens (including phenoxy) is 1. The fourth-order valence-corrected chi connectivity index (χ4v) is 3.01. The van der Waals surface area contributed by atoms with E-state index in [1.54, 1.807) is 6.20 Å². The molecule has 1 N–H and O–H groups in total. The minimum absolute atomic E-state index is 0.107. The summed E-state index contributed by atoms with van der Waals surface area (Å²) in [6.07, 6.45) is 2.51. The second-order valence-electron chi connectivity index (χ2n) is 7.20. The lowest BCUT2D eigenvalue weighted by atomic mass is 10.1. The number of rotatable bonds is 9. The van der Waals surface area contributed by atoms with Crippen LogP contribution < -0.4 is 5.32 Å². The molecule has 1 aromatic carbocycles. The van der Waals surface area contributed by atoms with Crippen molar-refractivity contribution in [1.29, 1.82) is 0 Å². The number of carbonyl (C=O) groups is 1. The smallest absolute Gasteiger partial charge is 0.252 e. The average molecular weight is 380 g/mol. The first-order valence-electron chi connectivity index (χ1n) is 9.88. The molecule has 0 bridgehead atoms. The second kappa shape index (κ2) is 9.46. The van der Waals surface area contributed by atoms with Crippen LogP contribution in [0.3, 0.4) is 0 Å². The summed E-state index contributed by atoms with van der Waals surface area (Å²) in [5.41, 5.74) is 3.08. The summed E-state index contributed by atoms with van der Waals surface area (Å²) in [4.78, 5) is 17.6. The lowest BCUT2D eigenvalue weighted by molar-refractivity contribution is 0.0926. The monoisotopic (exact) mass is 380 g/mol. The minimum atomic E-state index is -0.107. The van der Waals surface area contributed by atoms with Gasteiger partial charge in [0.05, 0.1) is 22.8 Å². The molecule has 6 nitrogen and oxygen atoms in total. The zero-order valence-corrected chi connectivity index (χ0v) is 16.8. The standard InChI is InChI=1S/C22H28N4O2/c1-4-26-21-19(14-24-26)18(13-20(25-21)17-9-6-5-7-10-17)22(27)23-11-8-12-28-15-16(2)3/h5-7,9-10,13-14,16H,4,8,11-12,15H2,1-3H3,(H,23,27). The third kappa shape index (κ3) is 4.75. The Hall–Kier alpha value is -2.73. The van der Waals surface area contributed by atoms with E-state index in [1.807, 2.05) is 48.0 Å². The number of amides is 1. The zero-order valence-electron chi connectivity index (χ0n) is 16.8. The van der Waals surface area contributed by atoms with Crippen LogP contribution in [0.15, 0.2) is 42.6 Å². The minimum Gasteiger partial charge on any atom is -0.381 e. The molecule has 3 rings (SSSR count). The van der Waals surface area contributed by atoms with Crippen molar-refractivity contribution < 1.29 is 9.53 Å². The number of nitrogens with zero attached hydrogens (tertiary/aromatic N) is 3. The maximum atomic E-state index is 12.9. The number of hydrogen-bond acceptors (Lipinski definition) is 4. The quantitative estimate of drug-likeness (QED) is 0.572. The van der Waals surface area contributed by atoms with Crippen LogP contribution in [0.2, 0.25) is 0 Å². The van der Waals surface area contributed by atoms with Crippen LogP contribution in [-0.4, -0.2) is 40.4 Å². The highest BCUT2D eigenvalue weighted by Gasteiger charge is 2.17. The Balaban J connectivity index is 1.79. The molecule has 3 aromatic rings. The van der Waals surface area contributed by atoms with E-state index in [9.17, 15) is 4.79 Å². The van der Waals surface area contributed by atoms with Gasteiger partial charge in [0.15, 0.2) is 5.65 Å². The van der Waals surface area contributed by atoms with Gasteiger partial charge < -0.3 is 10.1 Å². The highest BCUT2D eigenvalue weighted by Crippen LogP contribution is 2.24. The molecule has 0 unspecified atom stereocenters. The van der Waals surface area contributed by atoms with Gasteiger partial charge in [-0.15, -0.1) is 0 Å². The molecule has 2 heterocycles. The van der Waals surface area contributed by atoms with Gasteiger partial charge >= 0.3 is 0 Å². The van der Waals surface area contributed by atoms with Crippen molar-refractivity contribution in [3.8, 4) is 11.3 Å². The molecule has 6 heteroatoms. The number of carbonyl (C=O) groups excluding carboxylic acids is 1. The van der Waals surface area contributed by atoms with Crippen LogP contribution in [0, 0.1) is 5.92 Å². The van der Waals surface area contributed by atoms with Crippen LogP contribution in [0.25, 0.3) is 22.3 Å². The molecule has 0 aliphatic carbocycles. The summed E-state index contributed by atoms with van der Waals surface area (Å²) in [6, 6.07) is 11.7. The molecular formula is C22H28N4O2. The van der Waals surface area contributed by atoms with E-state index in [0.29, 0.717) is 31.2 Å². The molecule has 0 saturated heterocycles. The molecule has 1 amide bonds. The van der Waals surface area contributed by atoms with Crippen molar-refractivity contribution in [1.82, 2.24) is 20.1 Å². The maximum Gasteiger partial charge on any atom is 0.252 e. The van der Waals surface area contributed by atoms with E-state index in [0.717, 1.165) is 35.3 Å². The van der Waals surface area contributed by atoms with Gasteiger partial charge in [0.25, 0.3) is 5.91 Å². The van der Waals surface area contributed by atoms with E-state index in [4.69, 9.17) is 9.72 Å². The van der Waals surface area contributed by atoms with Gasteiger partial charge in [-0.25, -0.2) is 9.67 Å². The topological polar surface area (TPSA) is 69.0 Å². The van der Waals surface area contributed by atoms with Gasteiger partial charge in [0, 0.05) is 31.9 Å². The Bertz CT molecular complexity index is 919. The van der Waals surface area contributed by atoms with E-state index in [2.05, 4.69) is 24.3 Å². The molecule has 148 valence electrons. The molecular weight excluding hydrogens is 352 g/mol. The van der Waals surface area contributed by atoms with Crippen LogP contribution in [0.4, 0.5) is 0 Å². The van der Waals surface area contributed by atoms with E-state index in [1.165, 1.54) is 0 Å². The van der Waals surface area contributed by atoms with Crippen molar-refractivity contribution in [3.63, 3.8) is 0 Å². The van der Waals surface area contributed by atoms with Gasteiger partial charge in [-0.05, 0) is 25.3 Å². The first kappa shape index (κ1) is 20.0. The van der Waals surface area contributed by atoms with E-state index < -0.39 is 0 Å². The Kier molecular flexibility index (Phi) is 6.76. The van der Waals surface area contributed by atoms with Crippen molar-refractivity contribution >= 4 is 16.9 Å². The third-order valence-corrected chi connectivity index (χ3v) is 4.43. The highest BCUT2D eigenvalue weighted by atomic mass is 16.5.